The highest BCUT2D eigenvalue weighted by Crippen LogP contribution is 2.17. The Hall–Kier alpha value is -0.930. The average molecular weight is 225 g/mol. The first kappa shape index (κ1) is 13.1. The van der Waals surface area contributed by atoms with Gasteiger partial charge >= 0.3 is 0 Å². The minimum Gasteiger partial charge on any atom is -0.396 e. The highest BCUT2D eigenvalue weighted by atomic mass is 19.1. The van der Waals surface area contributed by atoms with Gasteiger partial charge < -0.3 is 10.4 Å². The number of aliphatic hydroxyl groups excluding tert-OH is 1. The van der Waals surface area contributed by atoms with Crippen LogP contribution in [-0.4, -0.2) is 18.3 Å². The molecule has 0 aliphatic carbocycles. The number of nitrogens with one attached hydrogen (secondary N) is 1. The fraction of sp³-hybridized carbons (Fsp3) is 0.538. The first-order chi connectivity index (χ1) is 7.44. The molecule has 0 saturated heterocycles. The van der Waals surface area contributed by atoms with Crippen LogP contribution in [0.15, 0.2) is 24.3 Å². The molecular formula is C13H20FNO. The van der Waals surface area contributed by atoms with Crippen molar-refractivity contribution in [2.45, 2.75) is 26.8 Å². The maximum absolute atomic E-state index is 13.0. The summed E-state index contributed by atoms with van der Waals surface area (Å²) >= 11 is 0. The van der Waals surface area contributed by atoms with E-state index in [0.29, 0.717) is 6.54 Å². The van der Waals surface area contributed by atoms with Crippen molar-refractivity contribution < 1.29 is 9.50 Å². The fourth-order valence-electron chi connectivity index (χ4n) is 1.38. The molecule has 3 heteroatoms. The minimum atomic E-state index is -0.215. The third-order valence-corrected chi connectivity index (χ3v) is 2.66. The highest BCUT2D eigenvalue weighted by Gasteiger charge is 2.17. The summed E-state index contributed by atoms with van der Waals surface area (Å²) in [4.78, 5) is 0. The predicted octanol–water partition coefficient (Wildman–Crippen LogP) is 2.49. The summed E-state index contributed by atoms with van der Waals surface area (Å²) in [5.74, 6) is -0.215. The van der Waals surface area contributed by atoms with E-state index in [-0.39, 0.29) is 23.9 Å². The second-order valence-corrected chi connectivity index (χ2v) is 4.98. The molecule has 0 amide bonds. The predicted molar refractivity (Wildman–Crippen MR) is 63.7 cm³/mol. The molecule has 0 radical (unpaired) electrons. The van der Waals surface area contributed by atoms with E-state index in [1.54, 1.807) is 6.07 Å². The first-order valence-corrected chi connectivity index (χ1v) is 5.54. The SMILES string of the molecule is C[C@@H](NCC(C)(C)CO)c1cccc(F)c1. The van der Waals surface area contributed by atoms with Crippen molar-refractivity contribution in [3.8, 4) is 0 Å². The van der Waals surface area contributed by atoms with Crippen molar-refractivity contribution in [3.05, 3.63) is 35.6 Å². The van der Waals surface area contributed by atoms with Crippen molar-refractivity contribution in [2.75, 3.05) is 13.2 Å². The molecule has 0 unspecified atom stereocenters. The molecule has 1 atom stereocenters. The Morgan fingerprint density at radius 2 is 2.12 bits per heavy atom. The third-order valence-electron chi connectivity index (χ3n) is 2.66. The lowest BCUT2D eigenvalue weighted by atomic mass is 9.94. The van der Waals surface area contributed by atoms with E-state index in [9.17, 15) is 4.39 Å². The summed E-state index contributed by atoms with van der Waals surface area (Å²) in [5, 5.41) is 12.4. The number of hydrogen-bond acceptors (Lipinski definition) is 2. The van der Waals surface area contributed by atoms with E-state index >= 15 is 0 Å². The van der Waals surface area contributed by atoms with Crippen LogP contribution >= 0.6 is 0 Å². The molecule has 0 spiro atoms. The Balaban J connectivity index is 2.56. The van der Waals surface area contributed by atoms with Crippen molar-refractivity contribution in [1.82, 2.24) is 5.32 Å². The molecule has 2 N–H and O–H groups in total. The third kappa shape index (κ3) is 3.91. The van der Waals surface area contributed by atoms with Crippen LogP contribution in [0.3, 0.4) is 0 Å². The molecule has 0 aliphatic heterocycles. The lowest BCUT2D eigenvalue weighted by Gasteiger charge is -2.25. The molecule has 1 aromatic rings. The van der Waals surface area contributed by atoms with Gasteiger partial charge in [0.15, 0.2) is 0 Å². The molecular weight excluding hydrogens is 205 g/mol. The number of rotatable bonds is 5. The van der Waals surface area contributed by atoms with Gasteiger partial charge in [-0.15, -0.1) is 0 Å². The lowest BCUT2D eigenvalue weighted by molar-refractivity contribution is 0.154. The van der Waals surface area contributed by atoms with Crippen LogP contribution in [0, 0.1) is 11.2 Å². The van der Waals surface area contributed by atoms with E-state index in [1.807, 2.05) is 26.8 Å². The zero-order chi connectivity index (χ0) is 12.2. The molecule has 0 heterocycles. The van der Waals surface area contributed by atoms with Gasteiger partial charge in [0.05, 0.1) is 0 Å². The summed E-state index contributed by atoms with van der Waals surface area (Å²) in [6, 6.07) is 6.66. The van der Waals surface area contributed by atoms with Crippen LogP contribution in [0.25, 0.3) is 0 Å². The largest absolute Gasteiger partial charge is 0.396 e. The normalized spacial score (nSPS) is 13.8. The molecule has 0 fully saturated rings. The summed E-state index contributed by atoms with van der Waals surface area (Å²) in [7, 11) is 0. The standard InChI is InChI=1S/C13H20FNO/c1-10(15-8-13(2,3)9-16)11-5-4-6-12(14)7-11/h4-7,10,15-16H,8-9H2,1-3H3/t10-/m1/s1. The Morgan fingerprint density at radius 3 is 2.69 bits per heavy atom. The summed E-state index contributed by atoms with van der Waals surface area (Å²) < 4.78 is 13.0. The van der Waals surface area contributed by atoms with Gasteiger partial charge in [0.25, 0.3) is 0 Å². The topological polar surface area (TPSA) is 32.3 Å². The van der Waals surface area contributed by atoms with Crippen molar-refractivity contribution in [2.24, 2.45) is 5.41 Å². The van der Waals surface area contributed by atoms with Gasteiger partial charge in [-0.3, -0.25) is 0 Å². The lowest BCUT2D eigenvalue weighted by Crippen LogP contribution is -2.33. The van der Waals surface area contributed by atoms with E-state index in [2.05, 4.69) is 5.32 Å². The smallest absolute Gasteiger partial charge is 0.123 e. The monoisotopic (exact) mass is 225 g/mol. The van der Waals surface area contributed by atoms with Gasteiger partial charge in [0, 0.05) is 24.6 Å². The fourth-order valence-corrected chi connectivity index (χ4v) is 1.38. The van der Waals surface area contributed by atoms with Crippen LogP contribution < -0.4 is 5.32 Å². The molecule has 16 heavy (non-hydrogen) atoms. The molecule has 0 saturated carbocycles. The zero-order valence-electron chi connectivity index (χ0n) is 10.1. The Kier molecular flexibility index (Phi) is 4.44. The van der Waals surface area contributed by atoms with Gasteiger partial charge in [0.2, 0.25) is 0 Å². The number of hydrogen-bond donors (Lipinski definition) is 2. The first-order valence-electron chi connectivity index (χ1n) is 5.54. The second-order valence-electron chi connectivity index (χ2n) is 4.98. The maximum atomic E-state index is 13.0. The highest BCUT2D eigenvalue weighted by molar-refractivity contribution is 5.19. The van der Waals surface area contributed by atoms with Crippen molar-refractivity contribution in [1.29, 1.82) is 0 Å². The quantitative estimate of drug-likeness (QED) is 0.807. The van der Waals surface area contributed by atoms with Gasteiger partial charge in [-0.05, 0) is 24.6 Å². The average Bonchev–Trinajstić information content (AvgIpc) is 2.26. The van der Waals surface area contributed by atoms with Gasteiger partial charge in [-0.25, -0.2) is 4.39 Å². The van der Waals surface area contributed by atoms with Crippen LogP contribution in [0.2, 0.25) is 0 Å². The molecule has 0 aromatic heterocycles. The van der Waals surface area contributed by atoms with Crippen molar-refractivity contribution in [3.63, 3.8) is 0 Å². The Morgan fingerprint density at radius 1 is 1.44 bits per heavy atom. The van der Waals surface area contributed by atoms with E-state index in [1.165, 1.54) is 12.1 Å². The van der Waals surface area contributed by atoms with E-state index < -0.39 is 0 Å². The van der Waals surface area contributed by atoms with Crippen LogP contribution in [0.1, 0.15) is 32.4 Å². The zero-order valence-corrected chi connectivity index (χ0v) is 10.1. The number of benzene rings is 1. The summed E-state index contributed by atoms with van der Waals surface area (Å²) in [6.45, 7) is 6.79. The molecule has 90 valence electrons. The molecule has 1 aromatic carbocycles. The summed E-state index contributed by atoms with van der Waals surface area (Å²) in [5.41, 5.74) is 0.774. The van der Waals surface area contributed by atoms with Gasteiger partial charge in [-0.1, -0.05) is 26.0 Å². The van der Waals surface area contributed by atoms with Crippen LogP contribution in [-0.2, 0) is 0 Å². The maximum Gasteiger partial charge on any atom is 0.123 e. The Labute approximate surface area is 96.5 Å². The number of aliphatic hydroxyl groups is 1. The van der Waals surface area contributed by atoms with Gasteiger partial charge in [0.1, 0.15) is 5.82 Å². The van der Waals surface area contributed by atoms with Crippen LogP contribution in [0.5, 0.6) is 0 Å². The molecule has 2 nitrogen and oxygen atoms in total. The Bertz CT molecular complexity index is 338. The number of halogens is 1. The molecule has 1 rings (SSSR count). The second kappa shape index (κ2) is 5.41. The van der Waals surface area contributed by atoms with Crippen molar-refractivity contribution >= 4 is 0 Å². The molecule has 0 bridgehead atoms. The van der Waals surface area contributed by atoms with Crippen LogP contribution in [0.4, 0.5) is 4.39 Å². The van der Waals surface area contributed by atoms with E-state index in [0.717, 1.165) is 5.56 Å². The van der Waals surface area contributed by atoms with E-state index in [4.69, 9.17) is 5.11 Å². The summed E-state index contributed by atoms with van der Waals surface area (Å²) in [6.07, 6.45) is 0. The van der Waals surface area contributed by atoms with Gasteiger partial charge in [-0.2, -0.15) is 0 Å². The minimum absolute atomic E-state index is 0.0847. The molecule has 0 aliphatic rings.